The number of nitrogens with one attached hydrogen (secondary N) is 1. The molecule has 4 heteroatoms. The van der Waals surface area contributed by atoms with Gasteiger partial charge in [0, 0.05) is 12.6 Å². The van der Waals surface area contributed by atoms with E-state index in [1.54, 1.807) is 0 Å². The van der Waals surface area contributed by atoms with Gasteiger partial charge in [0.2, 0.25) is 0 Å². The summed E-state index contributed by atoms with van der Waals surface area (Å²) in [4.78, 5) is 2.64. The van der Waals surface area contributed by atoms with Crippen molar-refractivity contribution in [3.05, 3.63) is 0 Å². The summed E-state index contributed by atoms with van der Waals surface area (Å²) in [5.74, 6) is 0. The molecule has 2 aliphatic heterocycles. The SMILES string of the molecule is C1CNCC2CCCN2C1.Cl.Cl. The highest BCUT2D eigenvalue weighted by Gasteiger charge is 2.24. The van der Waals surface area contributed by atoms with Crippen LogP contribution in [0.4, 0.5) is 0 Å². The molecule has 1 N–H and O–H groups in total. The lowest BCUT2D eigenvalue weighted by Crippen LogP contribution is -2.34. The van der Waals surface area contributed by atoms with Gasteiger partial charge in [-0.1, -0.05) is 0 Å². The lowest BCUT2D eigenvalue weighted by atomic mass is 10.2. The van der Waals surface area contributed by atoms with Crippen molar-refractivity contribution in [3.63, 3.8) is 0 Å². The molecule has 0 spiro atoms. The summed E-state index contributed by atoms with van der Waals surface area (Å²) in [5.41, 5.74) is 0. The van der Waals surface area contributed by atoms with Crippen LogP contribution in [-0.4, -0.2) is 37.1 Å². The van der Waals surface area contributed by atoms with Gasteiger partial charge in [-0.3, -0.25) is 4.90 Å². The maximum absolute atomic E-state index is 3.48. The summed E-state index contributed by atoms with van der Waals surface area (Å²) < 4.78 is 0. The second-order valence-electron chi connectivity index (χ2n) is 3.39. The van der Waals surface area contributed by atoms with Gasteiger partial charge in [-0.05, 0) is 38.9 Å². The molecule has 2 saturated heterocycles. The van der Waals surface area contributed by atoms with E-state index in [1.165, 1.54) is 45.4 Å². The van der Waals surface area contributed by atoms with Crippen molar-refractivity contribution in [1.82, 2.24) is 10.2 Å². The molecule has 0 bridgehead atoms. The van der Waals surface area contributed by atoms with Crippen LogP contribution in [0.5, 0.6) is 0 Å². The molecule has 2 aliphatic rings. The zero-order chi connectivity index (χ0) is 6.81. The molecule has 0 aromatic rings. The van der Waals surface area contributed by atoms with E-state index in [9.17, 15) is 0 Å². The first-order valence-corrected chi connectivity index (χ1v) is 4.41. The first-order valence-electron chi connectivity index (χ1n) is 4.41. The minimum Gasteiger partial charge on any atom is -0.315 e. The monoisotopic (exact) mass is 212 g/mol. The predicted octanol–water partition coefficient (Wildman–Crippen LogP) is 1.29. The Hall–Kier alpha value is 0.500. The molecule has 2 fully saturated rings. The highest BCUT2D eigenvalue weighted by Crippen LogP contribution is 2.17. The molecular weight excluding hydrogens is 195 g/mol. The third kappa shape index (κ3) is 2.77. The Bertz CT molecular complexity index is 110. The summed E-state index contributed by atoms with van der Waals surface area (Å²) in [6.45, 7) is 5.15. The Morgan fingerprint density at radius 3 is 2.67 bits per heavy atom. The lowest BCUT2D eigenvalue weighted by molar-refractivity contribution is 0.270. The zero-order valence-corrected chi connectivity index (χ0v) is 8.92. The van der Waals surface area contributed by atoms with E-state index in [-0.39, 0.29) is 24.8 Å². The lowest BCUT2D eigenvalue weighted by Gasteiger charge is -2.20. The Kier molecular flexibility index (Phi) is 6.28. The molecule has 0 radical (unpaired) electrons. The molecule has 0 saturated carbocycles. The van der Waals surface area contributed by atoms with E-state index >= 15 is 0 Å². The first kappa shape index (κ1) is 12.5. The average Bonchev–Trinajstić information content (AvgIpc) is 2.28. The van der Waals surface area contributed by atoms with Crippen molar-refractivity contribution in [1.29, 1.82) is 0 Å². The number of rotatable bonds is 0. The van der Waals surface area contributed by atoms with Crippen LogP contribution in [0, 0.1) is 0 Å². The summed E-state index contributed by atoms with van der Waals surface area (Å²) in [6, 6.07) is 0.877. The van der Waals surface area contributed by atoms with E-state index < -0.39 is 0 Å². The fraction of sp³-hybridized carbons (Fsp3) is 1.00. The third-order valence-electron chi connectivity index (χ3n) is 2.68. The van der Waals surface area contributed by atoms with Crippen LogP contribution >= 0.6 is 24.8 Å². The maximum atomic E-state index is 3.48. The molecule has 74 valence electrons. The Morgan fingerprint density at radius 1 is 1.08 bits per heavy atom. The number of hydrogen-bond acceptors (Lipinski definition) is 2. The van der Waals surface area contributed by atoms with Crippen molar-refractivity contribution in [2.24, 2.45) is 0 Å². The Balaban J connectivity index is 0.000000605. The molecule has 2 heterocycles. The summed E-state index contributed by atoms with van der Waals surface area (Å²) >= 11 is 0. The number of hydrogen-bond donors (Lipinski definition) is 1. The van der Waals surface area contributed by atoms with Crippen LogP contribution in [0.1, 0.15) is 19.3 Å². The predicted molar refractivity (Wildman–Crippen MR) is 56.6 cm³/mol. The van der Waals surface area contributed by atoms with Crippen molar-refractivity contribution in [3.8, 4) is 0 Å². The van der Waals surface area contributed by atoms with E-state index in [1.807, 2.05) is 0 Å². The van der Waals surface area contributed by atoms with Crippen LogP contribution in [0.3, 0.4) is 0 Å². The van der Waals surface area contributed by atoms with E-state index in [0.717, 1.165) is 6.04 Å². The van der Waals surface area contributed by atoms with Gasteiger partial charge in [0.15, 0.2) is 0 Å². The second-order valence-corrected chi connectivity index (χ2v) is 3.39. The molecule has 0 amide bonds. The standard InChI is InChI=1S/C8H16N2.2ClH/c1-3-8-7-9-4-2-6-10(8)5-1;;/h8-9H,1-7H2;2*1H. The van der Waals surface area contributed by atoms with Crippen LogP contribution in [0.15, 0.2) is 0 Å². The van der Waals surface area contributed by atoms with E-state index in [4.69, 9.17) is 0 Å². The Morgan fingerprint density at radius 2 is 1.83 bits per heavy atom. The Labute approximate surface area is 86.9 Å². The number of nitrogens with zero attached hydrogens (tertiary/aromatic N) is 1. The normalized spacial score (nSPS) is 29.5. The van der Waals surface area contributed by atoms with Crippen LogP contribution < -0.4 is 5.32 Å². The molecule has 1 atom stereocenters. The fourth-order valence-electron chi connectivity index (χ4n) is 2.10. The molecule has 1 unspecified atom stereocenters. The molecular formula is C8H18Cl2N2. The van der Waals surface area contributed by atoms with Gasteiger partial charge < -0.3 is 5.32 Å². The largest absolute Gasteiger partial charge is 0.315 e. The van der Waals surface area contributed by atoms with Gasteiger partial charge in [-0.15, -0.1) is 24.8 Å². The molecule has 2 nitrogen and oxygen atoms in total. The zero-order valence-electron chi connectivity index (χ0n) is 7.29. The quantitative estimate of drug-likeness (QED) is 0.652. The number of fused-ring (bicyclic) bond motifs is 1. The van der Waals surface area contributed by atoms with Gasteiger partial charge in [0.05, 0.1) is 0 Å². The van der Waals surface area contributed by atoms with E-state index in [0.29, 0.717) is 0 Å². The van der Waals surface area contributed by atoms with Gasteiger partial charge in [0.1, 0.15) is 0 Å². The summed E-state index contributed by atoms with van der Waals surface area (Å²) in [7, 11) is 0. The topological polar surface area (TPSA) is 15.3 Å². The summed E-state index contributed by atoms with van der Waals surface area (Å²) in [6.07, 6.45) is 4.19. The fourth-order valence-corrected chi connectivity index (χ4v) is 2.10. The summed E-state index contributed by atoms with van der Waals surface area (Å²) in [5, 5.41) is 3.48. The van der Waals surface area contributed by atoms with Crippen LogP contribution in [0.2, 0.25) is 0 Å². The maximum Gasteiger partial charge on any atom is 0.0221 e. The van der Waals surface area contributed by atoms with Crippen molar-refractivity contribution in [2.75, 3.05) is 26.2 Å². The van der Waals surface area contributed by atoms with Gasteiger partial charge >= 0.3 is 0 Å². The van der Waals surface area contributed by atoms with E-state index in [2.05, 4.69) is 10.2 Å². The third-order valence-corrected chi connectivity index (χ3v) is 2.68. The molecule has 12 heavy (non-hydrogen) atoms. The van der Waals surface area contributed by atoms with Crippen molar-refractivity contribution < 1.29 is 0 Å². The second kappa shape index (κ2) is 6.03. The van der Waals surface area contributed by atoms with Crippen molar-refractivity contribution in [2.45, 2.75) is 25.3 Å². The number of halogens is 2. The first-order chi connectivity index (χ1) is 4.97. The van der Waals surface area contributed by atoms with Gasteiger partial charge in [-0.2, -0.15) is 0 Å². The molecule has 2 rings (SSSR count). The van der Waals surface area contributed by atoms with Crippen LogP contribution in [-0.2, 0) is 0 Å². The van der Waals surface area contributed by atoms with Gasteiger partial charge in [0.25, 0.3) is 0 Å². The van der Waals surface area contributed by atoms with Crippen LogP contribution in [0.25, 0.3) is 0 Å². The minimum atomic E-state index is 0. The van der Waals surface area contributed by atoms with Crippen molar-refractivity contribution >= 4 is 24.8 Å². The average molecular weight is 213 g/mol. The molecule has 0 aromatic heterocycles. The minimum absolute atomic E-state index is 0. The molecule has 0 aromatic carbocycles. The molecule has 0 aliphatic carbocycles. The highest BCUT2D eigenvalue weighted by molar-refractivity contribution is 5.85. The smallest absolute Gasteiger partial charge is 0.0221 e. The van der Waals surface area contributed by atoms with Gasteiger partial charge in [-0.25, -0.2) is 0 Å². The highest BCUT2D eigenvalue weighted by atomic mass is 35.5.